The molecule has 370 valence electrons. The Morgan fingerprint density at radius 3 is 1.97 bits per heavy atom. The van der Waals surface area contributed by atoms with Gasteiger partial charge in [-0.25, -0.2) is 0 Å². The number of carbonyl (C=O) groups is 2. The summed E-state index contributed by atoms with van der Waals surface area (Å²) in [5, 5.41) is 118. The van der Waals surface area contributed by atoms with Gasteiger partial charge in [0.2, 0.25) is 0 Å². The molecule has 0 radical (unpaired) electrons. The van der Waals surface area contributed by atoms with Crippen molar-refractivity contribution in [3.63, 3.8) is 0 Å². The zero-order chi connectivity index (χ0) is 48.4. The monoisotopic (exact) mass is 926 g/mol. The lowest BCUT2D eigenvalue weighted by atomic mass is 9.82. The van der Waals surface area contributed by atoms with Crippen molar-refractivity contribution < 1.29 is 84.7 Å². The summed E-state index contributed by atoms with van der Waals surface area (Å²) in [5.41, 5.74) is 6.02. The lowest BCUT2D eigenvalue weighted by Gasteiger charge is -2.45. The summed E-state index contributed by atoms with van der Waals surface area (Å²) in [6.45, 7) is 6.78. The van der Waals surface area contributed by atoms with Crippen molar-refractivity contribution in [1.82, 2.24) is 0 Å². The number of carboxylic acid groups (broad SMARTS) is 1. The average Bonchev–Trinajstić information content (AvgIpc) is 3.21. The molecular weight excluding hydrogens is 851 g/mol. The highest BCUT2D eigenvalue weighted by Crippen LogP contribution is 2.38. The molecular formula is C47H75NO17. The van der Waals surface area contributed by atoms with Crippen LogP contribution in [0.15, 0.2) is 72.9 Å². The van der Waals surface area contributed by atoms with Gasteiger partial charge in [-0.1, -0.05) is 86.8 Å². The van der Waals surface area contributed by atoms with E-state index in [1.54, 1.807) is 38.2 Å². The second-order valence-corrected chi connectivity index (χ2v) is 17.8. The average molecular weight is 926 g/mol. The third-order valence-electron chi connectivity index (χ3n) is 12.2. The smallest absolute Gasteiger partial charge is 0.311 e. The van der Waals surface area contributed by atoms with Crippen LogP contribution in [0, 0.1) is 17.8 Å². The molecule has 19 unspecified atom stereocenters. The minimum absolute atomic E-state index is 0.103. The zero-order valence-electron chi connectivity index (χ0n) is 37.8. The van der Waals surface area contributed by atoms with Gasteiger partial charge in [-0.15, -0.1) is 0 Å². The summed E-state index contributed by atoms with van der Waals surface area (Å²) < 4.78 is 23.2. The summed E-state index contributed by atoms with van der Waals surface area (Å²) in [6, 6.07) is -1.14. The number of carboxylic acids is 1. The number of aliphatic hydroxyl groups excluding tert-OH is 9. The molecule has 3 aliphatic rings. The standard InChI is InChI=1S/C47H75NO17/c1-27-17-15-13-11-9-7-5-6-8-10-12-14-16-18-34(64-46-44(58)41(48)43(57)30(4)63-46)24-38-40(45(59)60)37(54)26-47(61,65-38)25-33(51)22-36(53)35(52)20-19-31(49)21-32(50)23-39(55)62-29(3)28(2)42(27)56/h5-6,8,10-18,27-38,40-44,46,49-54,56-58,61H,7,9,19-26,48H2,1-4H3,(H,59,60)/b6-5+,10-8+,13-11+,14-12+,17-15-,18-16+. The number of carbonyl (C=O) groups excluding carboxylic acids is 1. The first kappa shape index (κ1) is 56.1. The first-order chi connectivity index (χ1) is 30.6. The van der Waals surface area contributed by atoms with Gasteiger partial charge in [0.05, 0.1) is 79.6 Å². The normalized spacial score (nSPS) is 45.2. The fourth-order valence-corrected chi connectivity index (χ4v) is 8.13. The van der Waals surface area contributed by atoms with Crippen LogP contribution < -0.4 is 5.73 Å². The molecule has 0 aliphatic carbocycles. The molecule has 0 saturated carbocycles. The van der Waals surface area contributed by atoms with E-state index in [4.69, 9.17) is 24.7 Å². The van der Waals surface area contributed by atoms with Gasteiger partial charge in [-0.2, -0.15) is 0 Å². The molecule has 65 heavy (non-hydrogen) atoms. The molecule has 0 aromatic heterocycles. The number of rotatable bonds is 3. The fraction of sp³-hybridized carbons (Fsp3) is 0.702. The SMILES string of the molecule is CC1/C=C\C=C\CC/C=C/C=C/C=C/C=C/C(OC2OC(C)C(O)C(N)C2O)CC2OC(O)(CC(O)CC(O)C(O)CCC(O)CC(O)CC(=O)OC(C)C(C)C1O)CC(O)C2C(=O)O. The zero-order valence-corrected chi connectivity index (χ0v) is 37.8. The number of cyclic esters (lactones) is 1. The van der Waals surface area contributed by atoms with E-state index < -0.39 is 147 Å². The van der Waals surface area contributed by atoms with Crippen LogP contribution in [-0.4, -0.2) is 166 Å². The van der Waals surface area contributed by atoms with Crippen LogP contribution >= 0.6 is 0 Å². The summed E-state index contributed by atoms with van der Waals surface area (Å²) in [4.78, 5) is 25.1. The van der Waals surface area contributed by atoms with Crippen LogP contribution in [0.4, 0.5) is 0 Å². The number of ether oxygens (including phenoxy) is 4. The van der Waals surface area contributed by atoms with Crippen LogP contribution in [0.3, 0.4) is 0 Å². The second kappa shape index (κ2) is 27.6. The van der Waals surface area contributed by atoms with E-state index in [-0.39, 0.29) is 31.6 Å². The highest BCUT2D eigenvalue weighted by atomic mass is 16.7. The number of aliphatic carboxylic acids is 1. The van der Waals surface area contributed by atoms with Crippen molar-refractivity contribution in [3.05, 3.63) is 72.9 Å². The molecule has 18 heteroatoms. The second-order valence-electron chi connectivity index (χ2n) is 17.8. The molecule has 13 N–H and O–H groups in total. The Hall–Kier alpha value is -3.18. The molecule has 3 rings (SSSR count). The number of aliphatic hydroxyl groups is 10. The summed E-state index contributed by atoms with van der Waals surface area (Å²) in [6.07, 6.45) is 2.26. The van der Waals surface area contributed by atoms with Crippen LogP contribution in [-0.2, 0) is 28.5 Å². The van der Waals surface area contributed by atoms with E-state index in [0.717, 1.165) is 12.8 Å². The quantitative estimate of drug-likeness (QED) is 0.175. The number of fused-ring (bicyclic) bond motifs is 2. The Balaban J connectivity index is 1.84. The molecule has 0 spiro atoms. The Morgan fingerprint density at radius 2 is 1.31 bits per heavy atom. The first-order valence-electron chi connectivity index (χ1n) is 22.6. The largest absolute Gasteiger partial charge is 0.481 e. The Morgan fingerprint density at radius 1 is 0.692 bits per heavy atom. The number of nitrogens with two attached hydrogens (primary N) is 1. The van der Waals surface area contributed by atoms with Crippen LogP contribution in [0.25, 0.3) is 0 Å². The van der Waals surface area contributed by atoms with E-state index >= 15 is 0 Å². The van der Waals surface area contributed by atoms with Crippen molar-refractivity contribution in [2.75, 3.05) is 0 Å². The lowest BCUT2D eigenvalue weighted by molar-refractivity contribution is -0.308. The van der Waals surface area contributed by atoms with Crippen molar-refractivity contribution in [2.45, 2.75) is 189 Å². The fourth-order valence-electron chi connectivity index (χ4n) is 8.13. The van der Waals surface area contributed by atoms with Gasteiger partial charge in [0, 0.05) is 37.5 Å². The van der Waals surface area contributed by atoms with Gasteiger partial charge in [-0.05, 0) is 46.0 Å². The molecule has 3 aliphatic heterocycles. The maximum absolute atomic E-state index is 12.6. The summed E-state index contributed by atoms with van der Waals surface area (Å²) >= 11 is 0. The molecule has 2 saturated heterocycles. The highest BCUT2D eigenvalue weighted by Gasteiger charge is 2.51. The maximum atomic E-state index is 12.6. The van der Waals surface area contributed by atoms with E-state index in [0.29, 0.717) is 0 Å². The predicted octanol–water partition coefficient (Wildman–Crippen LogP) is 0.936. The number of hydrogen-bond acceptors (Lipinski definition) is 17. The molecule has 0 aromatic rings. The van der Waals surface area contributed by atoms with Gasteiger partial charge < -0.3 is 80.9 Å². The topological polar surface area (TPSA) is 320 Å². The maximum Gasteiger partial charge on any atom is 0.311 e. The molecule has 19 atom stereocenters. The first-order valence-corrected chi connectivity index (χ1v) is 22.6. The van der Waals surface area contributed by atoms with Crippen molar-refractivity contribution in [1.29, 1.82) is 0 Å². The van der Waals surface area contributed by atoms with E-state index in [2.05, 4.69) is 0 Å². The molecule has 18 nitrogen and oxygen atoms in total. The van der Waals surface area contributed by atoms with E-state index in [1.165, 1.54) is 13.0 Å². The summed E-state index contributed by atoms with van der Waals surface area (Å²) in [5.74, 6) is -6.77. The number of esters is 1. The third kappa shape index (κ3) is 18.8. The predicted molar refractivity (Wildman–Crippen MR) is 237 cm³/mol. The van der Waals surface area contributed by atoms with Crippen molar-refractivity contribution >= 4 is 11.9 Å². The minimum Gasteiger partial charge on any atom is -0.481 e. The molecule has 3 heterocycles. The molecule has 2 fully saturated rings. The van der Waals surface area contributed by atoms with Gasteiger partial charge in [-0.3, -0.25) is 9.59 Å². The van der Waals surface area contributed by atoms with Crippen molar-refractivity contribution in [3.8, 4) is 0 Å². The van der Waals surface area contributed by atoms with E-state index in [1.807, 2.05) is 49.5 Å². The molecule has 2 bridgehead atoms. The van der Waals surface area contributed by atoms with Gasteiger partial charge >= 0.3 is 11.9 Å². The van der Waals surface area contributed by atoms with Crippen LogP contribution in [0.2, 0.25) is 0 Å². The Labute approximate surface area is 381 Å². The lowest BCUT2D eigenvalue weighted by Crippen LogP contribution is -2.61. The molecule has 0 amide bonds. The van der Waals surface area contributed by atoms with Gasteiger partial charge in [0.1, 0.15) is 18.1 Å². The molecule has 0 aromatic carbocycles. The Kier molecular flexibility index (Phi) is 23.8. The minimum atomic E-state index is -2.32. The number of allylic oxidation sites excluding steroid dienone is 10. The van der Waals surface area contributed by atoms with Crippen LogP contribution in [0.1, 0.15) is 91.9 Å². The van der Waals surface area contributed by atoms with Gasteiger partial charge in [0.25, 0.3) is 0 Å². The highest BCUT2D eigenvalue weighted by molar-refractivity contribution is 5.71. The summed E-state index contributed by atoms with van der Waals surface area (Å²) in [7, 11) is 0. The third-order valence-corrected chi connectivity index (χ3v) is 12.2. The number of hydrogen-bond donors (Lipinski definition) is 12. The Bertz CT molecular complexity index is 1620. The van der Waals surface area contributed by atoms with Gasteiger partial charge in [0.15, 0.2) is 12.1 Å². The van der Waals surface area contributed by atoms with Crippen molar-refractivity contribution in [2.24, 2.45) is 23.5 Å². The van der Waals surface area contributed by atoms with E-state index in [9.17, 15) is 65.8 Å². The van der Waals surface area contributed by atoms with Crippen LogP contribution in [0.5, 0.6) is 0 Å².